The molecule has 0 amide bonds. The number of benzene rings is 1. The minimum Gasteiger partial charge on any atom is -0.367 e. The first-order chi connectivity index (χ1) is 9.56. The summed E-state index contributed by atoms with van der Waals surface area (Å²) in [5.74, 6) is 0.246. The van der Waals surface area contributed by atoms with Crippen LogP contribution in [-0.4, -0.2) is 5.16 Å². The van der Waals surface area contributed by atoms with Crippen LogP contribution in [-0.2, 0) is 0 Å². The molecule has 0 aliphatic carbocycles. The van der Waals surface area contributed by atoms with E-state index < -0.39 is 0 Å². The number of hydrogen-bond acceptors (Lipinski definition) is 4. The van der Waals surface area contributed by atoms with Crippen LogP contribution in [0.25, 0.3) is 21.7 Å². The van der Waals surface area contributed by atoms with E-state index >= 15 is 0 Å². The fourth-order valence-corrected chi connectivity index (χ4v) is 3.34. The van der Waals surface area contributed by atoms with Crippen LogP contribution in [0.15, 0.2) is 34.9 Å². The summed E-state index contributed by atoms with van der Waals surface area (Å²) in [5.41, 5.74) is 8.07. The molecule has 1 aromatic carbocycles. The van der Waals surface area contributed by atoms with E-state index in [9.17, 15) is 0 Å². The molecule has 2 aromatic heterocycles. The van der Waals surface area contributed by atoms with Gasteiger partial charge in [-0.05, 0) is 31.2 Å². The van der Waals surface area contributed by atoms with Gasteiger partial charge < -0.3 is 10.3 Å². The fourth-order valence-electron chi connectivity index (χ4n) is 1.99. The zero-order valence-electron chi connectivity index (χ0n) is 10.5. The highest BCUT2D eigenvalue weighted by molar-refractivity contribution is 7.15. The Balaban J connectivity index is 2.21. The van der Waals surface area contributed by atoms with Crippen molar-refractivity contribution in [2.45, 2.75) is 6.92 Å². The highest BCUT2D eigenvalue weighted by Crippen LogP contribution is 2.42. The lowest BCUT2D eigenvalue weighted by atomic mass is 10.0. The molecule has 6 heteroatoms. The first-order valence-corrected chi connectivity index (χ1v) is 7.41. The second-order valence-corrected chi connectivity index (χ2v) is 6.44. The maximum Gasteiger partial charge on any atom is 0.230 e. The quantitative estimate of drug-likeness (QED) is 0.698. The number of halogens is 2. The summed E-state index contributed by atoms with van der Waals surface area (Å²) >= 11 is 13.8. The van der Waals surface area contributed by atoms with Crippen LogP contribution in [0.2, 0.25) is 10.0 Å². The largest absolute Gasteiger partial charge is 0.367 e. The maximum atomic E-state index is 6.25. The Morgan fingerprint density at radius 1 is 1.20 bits per heavy atom. The van der Waals surface area contributed by atoms with E-state index in [1.54, 1.807) is 23.5 Å². The average Bonchev–Trinajstić information content (AvgIpc) is 2.96. The van der Waals surface area contributed by atoms with Crippen LogP contribution in [0.5, 0.6) is 0 Å². The molecule has 3 nitrogen and oxygen atoms in total. The molecular weight excluding hydrogens is 315 g/mol. The molecule has 102 valence electrons. The van der Waals surface area contributed by atoms with Crippen molar-refractivity contribution in [1.29, 1.82) is 0 Å². The number of hydrogen-bond donors (Lipinski definition) is 1. The van der Waals surface area contributed by atoms with E-state index in [1.165, 1.54) is 4.88 Å². The van der Waals surface area contributed by atoms with Crippen molar-refractivity contribution in [2.24, 2.45) is 0 Å². The third-order valence-corrected chi connectivity index (χ3v) is 4.45. The normalized spacial score (nSPS) is 10.9. The lowest BCUT2D eigenvalue weighted by molar-refractivity contribution is 0.439. The Labute approximate surface area is 129 Å². The third-order valence-electron chi connectivity index (χ3n) is 2.89. The Morgan fingerprint density at radius 2 is 2.00 bits per heavy atom. The van der Waals surface area contributed by atoms with Crippen LogP contribution < -0.4 is 5.73 Å². The van der Waals surface area contributed by atoms with E-state index in [-0.39, 0.29) is 5.88 Å². The lowest BCUT2D eigenvalue weighted by Crippen LogP contribution is -1.88. The smallest absolute Gasteiger partial charge is 0.230 e. The molecule has 0 saturated heterocycles. The highest BCUT2D eigenvalue weighted by atomic mass is 35.5. The number of aromatic nitrogens is 1. The van der Waals surface area contributed by atoms with Gasteiger partial charge >= 0.3 is 0 Å². The van der Waals surface area contributed by atoms with Gasteiger partial charge in [-0.15, -0.1) is 11.3 Å². The summed E-state index contributed by atoms with van der Waals surface area (Å²) < 4.78 is 5.14. The van der Waals surface area contributed by atoms with E-state index in [0.717, 1.165) is 10.4 Å². The summed E-state index contributed by atoms with van der Waals surface area (Å²) in [5, 5.41) is 5.15. The zero-order valence-corrected chi connectivity index (χ0v) is 12.8. The van der Waals surface area contributed by atoms with Gasteiger partial charge in [0.25, 0.3) is 0 Å². The molecule has 20 heavy (non-hydrogen) atoms. The number of thiophene rings is 1. The molecule has 2 heterocycles. The third kappa shape index (κ3) is 2.30. The summed E-state index contributed by atoms with van der Waals surface area (Å²) in [6.45, 7) is 2.03. The van der Waals surface area contributed by atoms with Crippen LogP contribution in [0.3, 0.4) is 0 Å². The summed E-state index contributed by atoms with van der Waals surface area (Å²) in [6.07, 6.45) is 0. The topological polar surface area (TPSA) is 52.0 Å². The van der Waals surface area contributed by atoms with Crippen molar-refractivity contribution in [3.05, 3.63) is 45.3 Å². The van der Waals surface area contributed by atoms with Crippen LogP contribution >= 0.6 is 34.5 Å². The monoisotopic (exact) mass is 324 g/mol. The molecule has 0 bridgehead atoms. The van der Waals surface area contributed by atoms with Gasteiger partial charge in [0.1, 0.15) is 5.69 Å². The van der Waals surface area contributed by atoms with Gasteiger partial charge in [0, 0.05) is 15.5 Å². The van der Waals surface area contributed by atoms with Crippen LogP contribution in [0.1, 0.15) is 4.88 Å². The van der Waals surface area contributed by atoms with E-state index in [4.69, 9.17) is 33.5 Å². The molecule has 0 aliphatic heterocycles. The Hall–Kier alpha value is -1.49. The zero-order chi connectivity index (χ0) is 14.3. The second-order valence-electron chi connectivity index (χ2n) is 4.30. The number of aryl methyl sites for hydroxylation is 1. The SMILES string of the molecule is Cc1ccc(-c2noc(N)c2-c2ccc(Cl)cc2Cl)s1. The van der Waals surface area contributed by atoms with Crippen molar-refractivity contribution in [1.82, 2.24) is 5.16 Å². The number of rotatable bonds is 2. The molecule has 0 fully saturated rings. The summed E-state index contributed by atoms with van der Waals surface area (Å²) in [7, 11) is 0. The molecule has 3 aromatic rings. The average molecular weight is 325 g/mol. The number of anilines is 1. The number of nitrogens with zero attached hydrogens (tertiary/aromatic N) is 1. The van der Waals surface area contributed by atoms with Gasteiger partial charge in [-0.1, -0.05) is 34.4 Å². The van der Waals surface area contributed by atoms with Crippen molar-refractivity contribution in [3.8, 4) is 21.7 Å². The molecule has 3 rings (SSSR count). The lowest BCUT2D eigenvalue weighted by Gasteiger charge is -2.04. The summed E-state index contributed by atoms with van der Waals surface area (Å²) in [6, 6.07) is 9.27. The van der Waals surface area contributed by atoms with Crippen molar-refractivity contribution < 1.29 is 4.52 Å². The molecule has 0 unspecified atom stereocenters. The van der Waals surface area contributed by atoms with Crippen LogP contribution in [0, 0.1) is 6.92 Å². The van der Waals surface area contributed by atoms with Gasteiger partial charge in [0.05, 0.1) is 15.5 Å². The molecule has 0 aliphatic rings. The van der Waals surface area contributed by atoms with Gasteiger partial charge in [-0.2, -0.15) is 0 Å². The predicted molar refractivity (Wildman–Crippen MR) is 84.4 cm³/mol. The first-order valence-electron chi connectivity index (χ1n) is 5.83. The van der Waals surface area contributed by atoms with E-state index in [1.807, 2.05) is 25.1 Å². The van der Waals surface area contributed by atoms with Crippen molar-refractivity contribution in [2.75, 3.05) is 5.73 Å². The number of nitrogen functional groups attached to an aromatic ring is 1. The molecule has 0 spiro atoms. The van der Waals surface area contributed by atoms with E-state index in [2.05, 4.69) is 5.16 Å². The first kappa shape index (κ1) is 13.5. The Bertz CT molecular complexity index is 779. The molecule has 2 N–H and O–H groups in total. The number of nitrogens with two attached hydrogens (primary N) is 1. The van der Waals surface area contributed by atoms with Gasteiger partial charge in [-0.25, -0.2) is 0 Å². The molecular formula is C14H10Cl2N2OS. The van der Waals surface area contributed by atoms with Crippen LogP contribution in [0.4, 0.5) is 5.88 Å². The van der Waals surface area contributed by atoms with Crippen molar-refractivity contribution in [3.63, 3.8) is 0 Å². The molecule has 0 saturated carbocycles. The minimum absolute atomic E-state index is 0.246. The minimum atomic E-state index is 0.246. The molecule has 0 radical (unpaired) electrons. The van der Waals surface area contributed by atoms with Crippen molar-refractivity contribution >= 4 is 40.4 Å². The second kappa shape index (κ2) is 5.13. The summed E-state index contributed by atoms with van der Waals surface area (Å²) in [4.78, 5) is 2.18. The Kier molecular flexibility index (Phi) is 3.46. The van der Waals surface area contributed by atoms with Gasteiger partial charge in [-0.3, -0.25) is 0 Å². The predicted octanol–water partition coefficient (Wildman–Crippen LogP) is 5.27. The molecule has 0 atom stereocenters. The van der Waals surface area contributed by atoms with Gasteiger partial charge in [0.2, 0.25) is 5.88 Å². The Morgan fingerprint density at radius 3 is 2.65 bits per heavy atom. The van der Waals surface area contributed by atoms with Gasteiger partial charge in [0.15, 0.2) is 0 Å². The maximum absolute atomic E-state index is 6.25. The van der Waals surface area contributed by atoms with E-state index in [0.29, 0.717) is 21.3 Å². The standard InChI is InChI=1S/C14H10Cl2N2OS/c1-7-2-5-11(20-7)13-12(14(17)19-18-13)9-4-3-8(15)6-10(9)16/h2-6H,17H2,1H3. The fraction of sp³-hybridized carbons (Fsp3) is 0.0714. The highest BCUT2D eigenvalue weighted by Gasteiger charge is 2.20.